The van der Waals surface area contributed by atoms with E-state index in [2.05, 4.69) is 20.1 Å². The van der Waals surface area contributed by atoms with E-state index in [1.54, 1.807) is 17.6 Å². The van der Waals surface area contributed by atoms with Gasteiger partial charge in [-0.15, -0.1) is 0 Å². The third kappa shape index (κ3) is 3.75. The molecule has 4 nitrogen and oxygen atoms in total. The molecular weight excluding hydrogens is 387 g/mol. The van der Waals surface area contributed by atoms with Crippen molar-refractivity contribution in [1.29, 1.82) is 0 Å². The zero-order valence-electron chi connectivity index (χ0n) is 13.6. The SMILES string of the molecule is Clc1ccc(Cn2cccc2C=NNc2nc3ccccc3s2)cc1Cl. The highest BCUT2D eigenvalue weighted by atomic mass is 35.5. The molecule has 0 fully saturated rings. The second-order valence-corrected chi connectivity index (χ2v) is 7.51. The van der Waals surface area contributed by atoms with Crippen LogP contribution >= 0.6 is 34.5 Å². The lowest BCUT2D eigenvalue weighted by atomic mass is 10.2. The van der Waals surface area contributed by atoms with Crippen molar-refractivity contribution in [3.8, 4) is 0 Å². The first-order valence-electron chi connectivity index (χ1n) is 7.93. The van der Waals surface area contributed by atoms with E-state index in [4.69, 9.17) is 23.2 Å². The smallest absolute Gasteiger partial charge is 0.204 e. The fraction of sp³-hybridized carbons (Fsp3) is 0.0526. The number of hydrogen-bond acceptors (Lipinski definition) is 4. The predicted octanol–water partition coefficient (Wildman–Crippen LogP) is 5.90. The Kier molecular flexibility index (Phi) is 4.93. The van der Waals surface area contributed by atoms with Crippen LogP contribution in [-0.2, 0) is 6.54 Å². The lowest BCUT2D eigenvalue weighted by Gasteiger charge is -2.07. The molecule has 0 aliphatic rings. The molecule has 7 heteroatoms. The summed E-state index contributed by atoms with van der Waals surface area (Å²) in [5.41, 5.74) is 6.03. The fourth-order valence-electron chi connectivity index (χ4n) is 2.60. The molecule has 4 rings (SSSR count). The molecule has 130 valence electrons. The Morgan fingerprint density at radius 1 is 1.08 bits per heavy atom. The Morgan fingerprint density at radius 2 is 1.96 bits per heavy atom. The van der Waals surface area contributed by atoms with Crippen molar-refractivity contribution < 1.29 is 0 Å². The van der Waals surface area contributed by atoms with Gasteiger partial charge in [-0.05, 0) is 42.0 Å². The Hall–Kier alpha value is -2.34. The van der Waals surface area contributed by atoms with Gasteiger partial charge in [-0.3, -0.25) is 5.43 Å². The summed E-state index contributed by atoms with van der Waals surface area (Å²) in [6, 6.07) is 17.7. The number of anilines is 1. The first-order chi connectivity index (χ1) is 12.7. The van der Waals surface area contributed by atoms with Crippen LogP contribution in [0.4, 0.5) is 5.13 Å². The molecule has 0 radical (unpaired) electrons. The zero-order valence-corrected chi connectivity index (χ0v) is 15.9. The zero-order chi connectivity index (χ0) is 17.9. The second kappa shape index (κ2) is 7.50. The quantitative estimate of drug-likeness (QED) is 0.334. The summed E-state index contributed by atoms with van der Waals surface area (Å²) in [4.78, 5) is 4.50. The maximum Gasteiger partial charge on any atom is 0.204 e. The molecule has 2 heterocycles. The molecule has 26 heavy (non-hydrogen) atoms. The number of thiazole rings is 1. The molecule has 0 amide bonds. The largest absolute Gasteiger partial charge is 0.342 e. The first-order valence-corrected chi connectivity index (χ1v) is 9.50. The summed E-state index contributed by atoms with van der Waals surface area (Å²) in [6.45, 7) is 0.687. The molecule has 1 N–H and O–H groups in total. The van der Waals surface area contributed by atoms with Gasteiger partial charge in [-0.25, -0.2) is 4.98 Å². The monoisotopic (exact) mass is 400 g/mol. The van der Waals surface area contributed by atoms with E-state index in [0.717, 1.165) is 26.6 Å². The van der Waals surface area contributed by atoms with Crippen molar-refractivity contribution in [2.45, 2.75) is 6.54 Å². The Bertz CT molecular complexity index is 1050. The normalized spacial score (nSPS) is 11.5. The summed E-state index contributed by atoms with van der Waals surface area (Å²) in [7, 11) is 0. The molecule has 0 aliphatic heterocycles. The Morgan fingerprint density at radius 3 is 2.81 bits per heavy atom. The van der Waals surface area contributed by atoms with Gasteiger partial charge in [0.15, 0.2) is 0 Å². The standard InChI is InChI=1S/C19H14Cl2N4S/c20-15-8-7-13(10-16(15)21)12-25-9-3-4-14(25)11-22-24-19-23-17-5-1-2-6-18(17)26-19/h1-11H,12H2,(H,23,24). The van der Waals surface area contributed by atoms with E-state index in [0.29, 0.717) is 16.6 Å². The number of nitrogens with one attached hydrogen (secondary N) is 1. The van der Waals surface area contributed by atoms with Crippen molar-refractivity contribution in [3.05, 3.63) is 82.1 Å². The molecule has 4 aromatic rings. The third-order valence-electron chi connectivity index (χ3n) is 3.85. The highest BCUT2D eigenvalue weighted by molar-refractivity contribution is 7.22. The van der Waals surface area contributed by atoms with E-state index >= 15 is 0 Å². The minimum Gasteiger partial charge on any atom is -0.342 e. The van der Waals surface area contributed by atoms with E-state index in [1.807, 2.05) is 60.8 Å². The third-order valence-corrected chi connectivity index (χ3v) is 5.53. The van der Waals surface area contributed by atoms with Crippen LogP contribution in [0.5, 0.6) is 0 Å². The summed E-state index contributed by atoms with van der Waals surface area (Å²) in [6.07, 6.45) is 3.78. The fourth-order valence-corrected chi connectivity index (χ4v) is 3.73. The van der Waals surface area contributed by atoms with Gasteiger partial charge < -0.3 is 4.57 Å². The maximum atomic E-state index is 6.10. The molecule has 0 atom stereocenters. The minimum atomic E-state index is 0.559. The highest BCUT2D eigenvalue weighted by Gasteiger charge is 2.04. The number of benzene rings is 2. The molecule has 2 aromatic carbocycles. The summed E-state index contributed by atoms with van der Waals surface area (Å²) in [5.74, 6) is 0. The number of aromatic nitrogens is 2. The van der Waals surface area contributed by atoms with Gasteiger partial charge in [0.2, 0.25) is 5.13 Å². The van der Waals surface area contributed by atoms with Crippen molar-refractivity contribution in [2.24, 2.45) is 5.10 Å². The van der Waals surface area contributed by atoms with Crippen LogP contribution in [0.1, 0.15) is 11.3 Å². The number of hydrazone groups is 1. The van der Waals surface area contributed by atoms with Gasteiger partial charge in [0.1, 0.15) is 0 Å². The molecule has 0 spiro atoms. The van der Waals surface area contributed by atoms with E-state index in [1.165, 1.54) is 0 Å². The van der Waals surface area contributed by atoms with Crippen LogP contribution in [-0.4, -0.2) is 15.8 Å². The van der Waals surface area contributed by atoms with E-state index < -0.39 is 0 Å². The van der Waals surface area contributed by atoms with Gasteiger partial charge in [0.05, 0.1) is 32.2 Å². The van der Waals surface area contributed by atoms with Crippen LogP contribution < -0.4 is 5.43 Å². The molecule has 0 bridgehead atoms. The Balaban J connectivity index is 1.47. The molecule has 0 saturated carbocycles. The maximum absolute atomic E-state index is 6.10. The predicted molar refractivity (Wildman–Crippen MR) is 111 cm³/mol. The van der Waals surface area contributed by atoms with Crippen molar-refractivity contribution >= 4 is 56.1 Å². The van der Waals surface area contributed by atoms with Crippen LogP contribution in [0.25, 0.3) is 10.2 Å². The van der Waals surface area contributed by atoms with E-state index in [9.17, 15) is 0 Å². The van der Waals surface area contributed by atoms with Crippen molar-refractivity contribution in [1.82, 2.24) is 9.55 Å². The van der Waals surface area contributed by atoms with Gasteiger partial charge >= 0.3 is 0 Å². The number of hydrogen-bond donors (Lipinski definition) is 1. The van der Waals surface area contributed by atoms with Crippen LogP contribution in [0.15, 0.2) is 65.9 Å². The lowest BCUT2D eigenvalue weighted by molar-refractivity contribution is 0.800. The summed E-state index contributed by atoms with van der Waals surface area (Å²) in [5, 5.41) is 6.21. The molecular formula is C19H14Cl2N4S. The minimum absolute atomic E-state index is 0.559. The molecule has 0 saturated heterocycles. The van der Waals surface area contributed by atoms with Crippen LogP contribution in [0.3, 0.4) is 0 Å². The Labute approximate surface area is 164 Å². The number of rotatable bonds is 5. The van der Waals surface area contributed by atoms with Gasteiger partial charge in [0, 0.05) is 12.7 Å². The van der Waals surface area contributed by atoms with Crippen LogP contribution in [0, 0.1) is 0 Å². The average Bonchev–Trinajstić information content (AvgIpc) is 3.24. The molecule has 0 aliphatic carbocycles. The first kappa shape index (κ1) is 17.1. The average molecular weight is 401 g/mol. The van der Waals surface area contributed by atoms with Gasteiger partial charge in [-0.2, -0.15) is 5.10 Å². The topological polar surface area (TPSA) is 42.2 Å². The van der Waals surface area contributed by atoms with Crippen LogP contribution in [0.2, 0.25) is 10.0 Å². The number of halogens is 2. The summed E-state index contributed by atoms with van der Waals surface area (Å²) >= 11 is 13.6. The van der Waals surface area contributed by atoms with Gasteiger partial charge in [0.25, 0.3) is 0 Å². The van der Waals surface area contributed by atoms with Crippen molar-refractivity contribution in [2.75, 3.05) is 5.43 Å². The van der Waals surface area contributed by atoms with Gasteiger partial charge in [-0.1, -0.05) is 52.7 Å². The number of fused-ring (bicyclic) bond motifs is 1. The molecule has 2 aromatic heterocycles. The number of para-hydroxylation sites is 1. The highest BCUT2D eigenvalue weighted by Crippen LogP contribution is 2.25. The lowest BCUT2D eigenvalue weighted by Crippen LogP contribution is -2.03. The summed E-state index contributed by atoms with van der Waals surface area (Å²) < 4.78 is 3.22. The molecule has 0 unspecified atom stereocenters. The van der Waals surface area contributed by atoms with E-state index in [-0.39, 0.29) is 0 Å². The van der Waals surface area contributed by atoms with Crippen molar-refractivity contribution in [3.63, 3.8) is 0 Å². The number of nitrogens with zero attached hydrogens (tertiary/aromatic N) is 3. The second-order valence-electron chi connectivity index (χ2n) is 5.67.